The third-order valence-corrected chi connectivity index (χ3v) is 2.95. The van der Waals surface area contributed by atoms with Crippen molar-refractivity contribution in [1.82, 2.24) is 0 Å². The zero-order valence-corrected chi connectivity index (χ0v) is 11.6. The van der Waals surface area contributed by atoms with Crippen molar-refractivity contribution in [3.8, 4) is 5.75 Å². The van der Waals surface area contributed by atoms with Crippen molar-refractivity contribution in [2.45, 2.75) is 6.61 Å². The first-order valence-corrected chi connectivity index (χ1v) is 6.41. The van der Waals surface area contributed by atoms with Gasteiger partial charge in [-0.3, -0.25) is 10.1 Å². The molecule has 108 valence electrons. The van der Waals surface area contributed by atoms with Crippen LogP contribution in [0.3, 0.4) is 0 Å². The number of ether oxygens (including phenoxy) is 1. The Morgan fingerprint density at radius 1 is 1.24 bits per heavy atom. The standard InChI is InChI=1S/C15H11ClFNO3/c16-14-9-11(7-8-18(19)20)3-6-15(14)21-10-12-1-4-13(17)5-2-12/h1-9H,10H2/b8-7+. The van der Waals surface area contributed by atoms with E-state index in [-0.39, 0.29) is 12.4 Å². The third-order valence-electron chi connectivity index (χ3n) is 2.65. The van der Waals surface area contributed by atoms with Crippen LogP contribution in [0.4, 0.5) is 4.39 Å². The molecule has 6 heteroatoms. The smallest absolute Gasteiger partial charge is 0.235 e. The Labute approximate surface area is 125 Å². The summed E-state index contributed by atoms with van der Waals surface area (Å²) < 4.78 is 18.3. The van der Waals surface area contributed by atoms with Crippen LogP contribution in [-0.4, -0.2) is 4.92 Å². The maximum atomic E-state index is 12.8. The van der Waals surface area contributed by atoms with Crippen molar-refractivity contribution < 1.29 is 14.1 Å². The minimum absolute atomic E-state index is 0.254. The molecule has 2 aromatic rings. The molecule has 0 N–H and O–H groups in total. The summed E-state index contributed by atoms with van der Waals surface area (Å²) in [4.78, 5) is 9.69. The fraction of sp³-hybridized carbons (Fsp3) is 0.0667. The zero-order valence-electron chi connectivity index (χ0n) is 10.8. The van der Waals surface area contributed by atoms with Gasteiger partial charge in [0.25, 0.3) is 0 Å². The van der Waals surface area contributed by atoms with Gasteiger partial charge in [0.1, 0.15) is 18.2 Å². The van der Waals surface area contributed by atoms with Crippen LogP contribution in [0.2, 0.25) is 5.02 Å². The molecule has 2 rings (SSSR count). The second-order valence-electron chi connectivity index (χ2n) is 4.21. The second-order valence-corrected chi connectivity index (χ2v) is 4.61. The SMILES string of the molecule is O=[N+]([O-])/C=C/c1ccc(OCc2ccc(F)cc2)c(Cl)c1. The Hall–Kier alpha value is -2.40. The van der Waals surface area contributed by atoms with Crippen molar-refractivity contribution >= 4 is 17.7 Å². The topological polar surface area (TPSA) is 52.4 Å². The van der Waals surface area contributed by atoms with Crippen LogP contribution in [0.5, 0.6) is 5.75 Å². The molecule has 0 bridgehead atoms. The van der Waals surface area contributed by atoms with E-state index < -0.39 is 4.92 Å². The van der Waals surface area contributed by atoms with Crippen molar-refractivity contribution in [2.75, 3.05) is 0 Å². The van der Waals surface area contributed by atoms with Crippen LogP contribution >= 0.6 is 11.6 Å². The number of halogens is 2. The number of rotatable bonds is 5. The van der Waals surface area contributed by atoms with E-state index in [0.29, 0.717) is 16.3 Å². The van der Waals surface area contributed by atoms with E-state index in [1.165, 1.54) is 18.2 Å². The molecule has 0 aliphatic carbocycles. The quantitative estimate of drug-likeness (QED) is 0.611. The Morgan fingerprint density at radius 2 is 1.95 bits per heavy atom. The van der Waals surface area contributed by atoms with Gasteiger partial charge < -0.3 is 4.74 Å². The van der Waals surface area contributed by atoms with E-state index >= 15 is 0 Å². The highest BCUT2D eigenvalue weighted by Crippen LogP contribution is 2.26. The number of nitrogens with zero attached hydrogens (tertiary/aromatic N) is 1. The van der Waals surface area contributed by atoms with Gasteiger partial charge in [0.15, 0.2) is 0 Å². The van der Waals surface area contributed by atoms with E-state index in [9.17, 15) is 14.5 Å². The largest absolute Gasteiger partial charge is 0.487 e. The third kappa shape index (κ3) is 4.57. The molecule has 0 amide bonds. The number of hydrogen-bond acceptors (Lipinski definition) is 3. The van der Waals surface area contributed by atoms with E-state index in [4.69, 9.17) is 16.3 Å². The zero-order chi connectivity index (χ0) is 15.2. The molecule has 0 aliphatic rings. The van der Waals surface area contributed by atoms with Crippen molar-refractivity contribution in [3.63, 3.8) is 0 Å². The molecule has 0 saturated carbocycles. The summed E-state index contributed by atoms with van der Waals surface area (Å²) in [6.45, 7) is 0.254. The van der Waals surface area contributed by atoms with Crippen LogP contribution in [0.1, 0.15) is 11.1 Å². The minimum atomic E-state index is -0.549. The molecule has 0 aromatic heterocycles. The van der Waals surface area contributed by atoms with Crippen LogP contribution in [0.15, 0.2) is 48.7 Å². The molecule has 0 unspecified atom stereocenters. The summed E-state index contributed by atoms with van der Waals surface area (Å²) >= 11 is 6.05. The van der Waals surface area contributed by atoms with Gasteiger partial charge in [-0.2, -0.15) is 0 Å². The van der Waals surface area contributed by atoms with Crippen LogP contribution in [0.25, 0.3) is 6.08 Å². The van der Waals surface area contributed by atoms with Gasteiger partial charge >= 0.3 is 0 Å². The van der Waals surface area contributed by atoms with Gasteiger partial charge in [-0.05, 0) is 35.4 Å². The molecule has 2 aromatic carbocycles. The average Bonchev–Trinajstić information content (AvgIpc) is 2.46. The molecule has 21 heavy (non-hydrogen) atoms. The summed E-state index contributed by atoms with van der Waals surface area (Å²) in [6, 6.07) is 10.8. The highest BCUT2D eigenvalue weighted by atomic mass is 35.5. The minimum Gasteiger partial charge on any atom is -0.487 e. The number of hydrogen-bond donors (Lipinski definition) is 0. The van der Waals surface area contributed by atoms with Crippen molar-refractivity contribution in [2.24, 2.45) is 0 Å². The Balaban J connectivity index is 2.04. The van der Waals surface area contributed by atoms with Gasteiger partial charge in [-0.1, -0.05) is 29.8 Å². The highest BCUT2D eigenvalue weighted by molar-refractivity contribution is 6.32. The molecule has 0 heterocycles. The van der Waals surface area contributed by atoms with Crippen LogP contribution in [-0.2, 0) is 6.61 Å². The monoisotopic (exact) mass is 307 g/mol. The summed E-state index contributed by atoms with van der Waals surface area (Å²) in [6.07, 6.45) is 2.18. The normalized spacial score (nSPS) is 10.8. The summed E-state index contributed by atoms with van der Waals surface area (Å²) in [5.74, 6) is 0.151. The Kier molecular flexibility index (Phi) is 4.90. The van der Waals surface area contributed by atoms with Crippen molar-refractivity contribution in [3.05, 3.63) is 80.7 Å². The second kappa shape index (κ2) is 6.85. The van der Waals surface area contributed by atoms with Gasteiger partial charge in [-0.25, -0.2) is 4.39 Å². The molecule has 0 fully saturated rings. The summed E-state index contributed by atoms with van der Waals surface area (Å²) in [5, 5.41) is 10.6. The molecule has 0 atom stereocenters. The van der Waals surface area contributed by atoms with Gasteiger partial charge in [0.05, 0.1) is 9.95 Å². The van der Waals surface area contributed by atoms with Gasteiger partial charge in [0, 0.05) is 6.08 Å². The predicted molar refractivity (Wildman–Crippen MR) is 78.2 cm³/mol. The lowest BCUT2D eigenvalue weighted by Gasteiger charge is -2.08. The fourth-order valence-corrected chi connectivity index (χ4v) is 1.87. The number of nitro groups is 1. The van der Waals surface area contributed by atoms with Crippen LogP contribution in [0, 0.1) is 15.9 Å². The summed E-state index contributed by atoms with van der Waals surface area (Å²) in [7, 11) is 0. The maximum Gasteiger partial charge on any atom is 0.235 e. The maximum absolute atomic E-state index is 12.8. The van der Waals surface area contributed by atoms with Crippen LogP contribution < -0.4 is 4.74 Å². The lowest BCUT2D eigenvalue weighted by atomic mass is 10.2. The molecule has 0 saturated heterocycles. The first kappa shape index (κ1) is 15.0. The van der Waals surface area contributed by atoms with Gasteiger partial charge in [0.2, 0.25) is 6.20 Å². The lowest BCUT2D eigenvalue weighted by Crippen LogP contribution is -1.96. The van der Waals surface area contributed by atoms with E-state index in [2.05, 4.69) is 0 Å². The first-order chi connectivity index (χ1) is 10.0. The molecule has 0 spiro atoms. The molecular weight excluding hydrogens is 297 g/mol. The lowest BCUT2D eigenvalue weighted by molar-refractivity contribution is -0.400. The Bertz CT molecular complexity index is 671. The van der Waals surface area contributed by atoms with E-state index in [1.54, 1.807) is 30.3 Å². The number of benzene rings is 2. The highest BCUT2D eigenvalue weighted by Gasteiger charge is 2.03. The molecule has 0 radical (unpaired) electrons. The summed E-state index contributed by atoms with van der Waals surface area (Å²) in [5.41, 5.74) is 1.41. The van der Waals surface area contributed by atoms with Gasteiger partial charge in [-0.15, -0.1) is 0 Å². The van der Waals surface area contributed by atoms with Crippen molar-refractivity contribution in [1.29, 1.82) is 0 Å². The average molecular weight is 308 g/mol. The molecular formula is C15H11ClFNO3. The Morgan fingerprint density at radius 3 is 2.57 bits per heavy atom. The first-order valence-electron chi connectivity index (χ1n) is 6.03. The molecule has 0 aliphatic heterocycles. The molecule has 4 nitrogen and oxygen atoms in total. The van der Waals surface area contributed by atoms with E-state index in [0.717, 1.165) is 11.8 Å². The predicted octanol–water partition coefficient (Wildman–Crippen LogP) is 4.31. The van der Waals surface area contributed by atoms with E-state index in [1.807, 2.05) is 0 Å². The fourth-order valence-electron chi connectivity index (χ4n) is 1.63.